The average Bonchev–Trinajstić information content (AvgIpc) is 2.34. The molecule has 0 bridgehead atoms. The van der Waals surface area contributed by atoms with Crippen molar-refractivity contribution in [1.29, 1.82) is 0 Å². The number of aromatic amines is 1. The van der Waals surface area contributed by atoms with Crippen LogP contribution in [0.5, 0.6) is 0 Å². The fourth-order valence-corrected chi connectivity index (χ4v) is 2.93. The second kappa shape index (κ2) is 6.05. The first-order valence-electron chi connectivity index (χ1n) is 5.93. The third kappa shape index (κ3) is 2.99. The van der Waals surface area contributed by atoms with Crippen LogP contribution in [0.1, 0.15) is 25.3 Å². The summed E-state index contributed by atoms with van der Waals surface area (Å²) in [5.41, 5.74) is -0.803. The fraction of sp³-hybridized carbons (Fsp3) is 0.231. The topological polar surface area (TPSA) is 54.9 Å². The minimum Gasteiger partial charge on any atom is -0.297 e. The highest BCUT2D eigenvalue weighted by molar-refractivity contribution is 6.43. The molecule has 0 aliphatic heterocycles. The van der Waals surface area contributed by atoms with Gasteiger partial charge in [0, 0.05) is 0 Å². The monoisotopic (exact) mass is 366 g/mol. The lowest BCUT2D eigenvalue weighted by Crippen LogP contribution is -2.36. The largest absolute Gasteiger partial charge is 0.334 e. The maximum absolute atomic E-state index is 12.5. The summed E-state index contributed by atoms with van der Waals surface area (Å²) < 4.78 is 0.895. The zero-order valence-corrected chi connectivity index (χ0v) is 14.0. The normalized spacial score (nSPS) is 11.2. The Kier molecular flexibility index (Phi) is 4.73. The number of aromatic nitrogens is 2. The second-order valence-corrected chi connectivity index (χ2v) is 6.27. The predicted molar refractivity (Wildman–Crippen MR) is 86.8 cm³/mol. The highest BCUT2D eigenvalue weighted by Gasteiger charge is 2.19. The number of hydrogen-bond acceptors (Lipinski definition) is 2. The molecule has 0 aliphatic carbocycles. The number of hydrogen-bond donors (Lipinski definition) is 1. The van der Waals surface area contributed by atoms with Crippen LogP contribution in [-0.4, -0.2) is 9.55 Å². The van der Waals surface area contributed by atoms with E-state index < -0.39 is 11.2 Å². The van der Waals surface area contributed by atoms with Gasteiger partial charge in [0.25, 0.3) is 5.56 Å². The zero-order valence-electron chi connectivity index (χ0n) is 11.0. The van der Waals surface area contributed by atoms with Crippen molar-refractivity contribution in [3.05, 3.63) is 58.8 Å². The van der Waals surface area contributed by atoms with Crippen LogP contribution in [0.2, 0.25) is 20.2 Å². The summed E-state index contributed by atoms with van der Waals surface area (Å²) in [5.74, 6) is -0.172. The Bertz CT molecular complexity index is 824. The van der Waals surface area contributed by atoms with Crippen LogP contribution in [0, 0.1) is 0 Å². The Hall–Kier alpha value is -0.940. The summed E-state index contributed by atoms with van der Waals surface area (Å²) in [6.07, 6.45) is 0. The quantitative estimate of drug-likeness (QED) is 0.636. The van der Waals surface area contributed by atoms with Gasteiger partial charge in [-0.3, -0.25) is 9.78 Å². The van der Waals surface area contributed by atoms with E-state index in [4.69, 9.17) is 46.4 Å². The molecule has 2 aromatic rings. The van der Waals surface area contributed by atoms with Gasteiger partial charge in [-0.1, -0.05) is 60.3 Å². The van der Waals surface area contributed by atoms with E-state index in [0.29, 0.717) is 5.56 Å². The van der Waals surface area contributed by atoms with Crippen LogP contribution in [0.25, 0.3) is 5.69 Å². The molecule has 0 saturated carbocycles. The number of rotatable bonds is 2. The first-order valence-corrected chi connectivity index (χ1v) is 7.44. The van der Waals surface area contributed by atoms with Gasteiger partial charge in [0.05, 0.1) is 26.3 Å². The molecule has 0 saturated heterocycles. The Labute approximate surface area is 140 Å². The molecule has 1 aromatic heterocycles. The molecule has 0 atom stereocenters. The summed E-state index contributed by atoms with van der Waals surface area (Å²) >= 11 is 23.8. The smallest absolute Gasteiger partial charge is 0.297 e. The van der Waals surface area contributed by atoms with E-state index in [9.17, 15) is 9.59 Å². The van der Waals surface area contributed by atoms with Crippen molar-refractivity contribution in [2.24, 2.45) is 0 Å². The van der Waals surface area contributed by atoms with Crippen molar-refractivity contribution in [3.63, 3.8) is 0 Å². The van der Waals surface area contributed by atoms with E-state index in [0.717, 1.165) is 4.57 Å². The lowest BCUT2D eigenvalue weighted by Gasteiger charge is -2.13. The predicted octanol–water partition coefficient (Wildman–Crippen LogP) is 4.26. The standard InChI is InChI=1S/C13H10Cl4N2O2/c1-5(2)10-11(17)18-13(21)19(12(10)20)9-4-7(15)6(14)3-8(9)16/h3-5H,1-2H3,(H,18,21). The van der Waals surface area contributed by atoms with Crippen molar-refractivity contribution >= 4 is 46.4 Å². The number of nitrogens with zero attached hydrogens (tertiary/aromatic N) is 1. The van der Waals surface area contributed by atoms with Gasteiger partial charge in [-0.15, -0.1) is 0 Å². The molecule has 8 heteroatoms. The number of benzene rings is 1. The summed E-state index contributed by atoms with van der Waals surface area (Å²) in [7, 11) is 0. The van der Waals surface area contributed by atoms with Crippen LogP contribution >= 0.6 is 46.4 Å². The van der Waals surface area contributed by atoms with Gasteiger partial charge < -0.3 is 0 Å². The molecule has 4 nitrogen and oxygen atoms in total. The highest BCUT2D eigenvalue weighted by Crippen LogP contribution is 2.30. The Morgan fingerprint density at radius 1 is 1.00 bits per heavy atom. The summed E-state index contributed by atoms with van der Waals surface area (Å²) in [6.45, 7) is 3.59. The van der Waals surface area contributed by atoms with Crippen molar-refractivity contribution in [2.45, 2.75) is 19.8 Å². The van der Waals surface area contributed by atoms with Crippen LogP contribution in [0.3, 0.4) is 0 Å². The maximum Gasteiger partial charge on any atom is 0.334 e. The van der Waals surface area contributed by atoms with Gasteiger partial charge in [-0.2, -0.15) is 0 Å². The molecule has 0 amide bonds. The highest BCUT2D eigenvalue weighted by atomic mass is 35.5. The van der Waals surface area contributed by atoms with Crippen molar-refractivity contribution in [2.75, 3.05) is 0 Å². The van der Waals surface area contributed by atoms with Gasteiger partial charge in [0.1, 0.15) is 5.15 Å². The minimum absolute atomic E-state index is 0.0208. The molecule has 21 heavy (non-hydrogen) atoms. The van der Waals surface area contributed by atoms with Gasteiger partial charge in [0.15, 0.2) is 0 Å². The van der Waals surface area contributed by atoms with E-state index in [-0.39, 0.29) is 31.8 Å². The first kappa shape index (κ1) is 16.4. The molecule has 0 fully saturated rings. The molecule has 0 radical (unpaired) electrons. The molecule has 112 valence electrons. The Balaban J connectivity index is 2.89. The molecule has 0 aliphatic rings. The van der Waals surface area contributed by atoms with Crippen LogP contribution < -0.4 is 11.2 Å². The number of nitrogens with one attached hydrogen (secondary N) is 1. The molecule has 0 unspecified atom stereocenters. The van der Waals surface area contributed by atoms with E-state index >= 15 is 0 Å². The van der Waals surface area contributed by atoms with E-state index in [1.807, 2.05) is 0 Å². The van der Waals surface area contributed by atoms with E-state index in [1.165, 1.54) is 12.1 Å². The summed E-state index contributed by atoms with van der Waals surface area (Å²) in [6, 6.07) is 2.73. The third-order valence-corrected chi connectivity index (χ3v) is 4.22. The number of H-pyrrole nitrogens is 1. The minimum atomic E-state index is -0.699. The van der Waals surface area contributed by atoms with E-state index in [2.05, 4.69) is 4.98 Å². The van der Waals surface area contributed by atoms with Crippen molar-refractivity contribution < 1.29 is 0 Å². The molecule has 1 heterocycles. The molecule has 1 aromatic carbocycles. The lowest BCUT2D eigenvalue weighted by molar-refractivity contribution is 0.777. The third-order valence-electron chi connectivity index (χ3n) is 2.90. The van der Waals surface area contributed by atoms with Gasteiger partial charge in [0.2, 0.25) is 0 Å². The Morgan fingerprint density at radius 3 is 2.14 bits per heavy atom. The molecular weight excluding hydrogens is 358 g/mol. The van der Waals surface area contributed by atoms with Crippen LogP contribution in [0.4, 0.5) is 0 Å². The molecule has 2 rings (SSSR count). The molecule has 0 spiro atoms. The molecule has 1 N–H and O–H groups in total. The van der Waals surface area contributed by atoms with Gasteiger partial charge in [-0.05, 0) is 18.1 Å². The SMILES string of the molecule is CC(C)c1c(Cl)[nH]c(=O)n(-c2cc(Cl)c(Cl)cc2Cl)c1=O. The first-order chi connectivity index (χ1) is 9.73. The van der Waals surface area contributed by atoms with Gasteiger partial charge >= 0.3 is 5.69 Å². The molecular formula is C13H10Cl4N2O2. The Morgan fingerprint density at radius 2 is 1.57 bits per heavy atom. The fourth-order valence-electron chi connectivity index (χ4n) is 1.93. The summed E-state index contributed by atoms with van der Waals surface area (Å²) in [4.78, 5) is 27.0. The van der Waals surface area contributed by atoms with Crippen molar-refractivity contribution in [3.8, 4) is 5.69 Å². The average molecular weight is 368 g/mol. The van der Waals surface area contributed by atoms with Crippen LogP contribution in [-0.2, 0) is 0 Å². The number of halogens is 4. The van der Waals surface area contributed by atoms with Crippen molar-refractivity contribution in [1.82, 2.24) is 9.55 Å². The van der Waals surface area contributed by atoms with Crippen LogP contribution in [0.15, 0.2) is 21.7 Å². The lowest BCUT2D eigenvalue weighted by atomic mass is 10.1. The van der Waals surface area contributed by atoms with E-state index in [1.54, 1.807) is 13.8 Å². The summed E-state index contributed by atoms with van der Waals surface area (Å²) in [5, 5.41) is 0.567. The van der Waals surface area contributed by atoms with Gasteiger partial charge in [-0.25, -0.2) is 9.36 Å². The zero-order chi connectivity index (χ0) is 15.9. The maximum atomic E-state index is 12.5. The second-order valence-electron chi connectivity index (χ2n) is 4.67.